The van der Waals surface area contributed by atoms with Gasteiger partial charge in [-0.1, -0.05) is 49.6 Å². The van der Waals surface area contributed by atoms with Crippen molar-refractivity contribution in [3.05, 3.63) is 76.7 Å². The highest BCUT2D eigenvalue weighted by Crippen LogP contribution is 2.38. The van der Waals surface area contributed by atoms with Crippen LogP contribution in [0.1, 0.15) is 55.9 Å². The molecule has 3 heterocycles. The molecule has 1 fully saturated rings. The minimum Gasteiger partial charge on any atom is -0.338 e. The number of benzene rings is 1. The average Bonchev–Trinajstić information content (AvgIpc) is 3.22. The van der Waals surface area contributed by atoms with Crippen molar-refractivity contribution < 1.29 is 8.78 Å². The number of pyridine rings is 1. The highest BCUT2D eigenvalue weighted by Gasteiger charge is 2.28. The highest BCUT2D eigenvalue weighted by atomic mass is 35.5. The van der Waals surface area contributed by atoms with Crippen LogP contribution in [0.5, 0.6) is 0 Å². The summed E-state index contributed by atoms with van der Waals surface area (Å²) in [5.41, 5.74) is 2.35. The van der Waals surface area contributed by atoms with Gasteiger partial charge in [0.1, 0.15) is 17.6 Å². The zero-order valence-electron chi connectivity index (χ0n) is 19.3. The minimum absolute atomic E-state index is 0.0340. The van der Waals surface area contributed by atoms with E-state index in [1.165, 1.54) is 18.3 Å². The van der Waals surface area contributed by atoms with E-state index in [0.717, 1.165) is 25.7 Å². The van der Waals surface area contributed by atoms with Crippen molar-refractivity contribution in [2.45, 2.75) is 45.3 Å². The van der Waals surface area contributed by atoms with Gasteiger partial charge in [-0.15, -0.1) is 0 Å². The van der Waals surface area contributed by atoms with E-state index >= 15 is 4.39 Å². The summed E-state index contributed by atoms with van der Waals surface area (Å²) < 4.78 is 32.5. The van der Waals surface area contributed by atoms with Crippen LogP contribution in [0.2, 0.25) is 5.02 Å². The van der Waals surface area contributed by atoms with Gasteiger partial charge in [0.15, 0.2) is 6.17 Å². The third-order valence-corrected chi connectivity index (χ3v) is 7.08. The molecule has 8 heteroatoms. The number of nitriles is 1. The van der Waals surface area contributed by atoms with E-state index in [1.807, 2.05) is 10.6 Å². The number of hydrogen-bond acceptors (Lipinski definition) is 4. The van der Waals surface area contributed by atoms with Gasteiger partial charge in [0, 0.05) is 30.1 Å². The number of rotatable bonds is 5. The Kier molecular flexibility index (Phi) is 6.48. The monoisotopic (exact) mass is 491 g/mol. The summed E-state index contributed by atoms with van der Waals surface area (Å²) in [4.78, 5) is 13.0. The Morgan fingerprint density at radius 2 is 1.91 bits per heavy atom. The molecular weight excluding hydrogens is 468 g/mol. The predicted octanol–water partition coefficient (Wildman–Crippen LogP) is 7.04. The number of fused-ring (bicyclic) bond motifs is 1. The van der Waals surface area contributed by atoms with Crippen molar-refractivity contribution in [1.82, 2.24) is 19.5 Å². The van der Waals surface area contributed by atoms with Gasteiger partial charge in [-0.05, 0) is 42.9 Å². The van der Waals surface area contributed by atoms with Crippen LogP contribution in [0.3, 0.4) is 0 Å². The molecule has 1 unspecified atom stereocenters. The van der Waals surface area contributed by atoms with Crippen LogP contribution in [0, 0.1) is 29.0 Å². The fourth-order valence-electron chi connectivity index (χ4n) is 5.00. The van der Waals surface area contributed by atoms with E-state index in [1.54, 1.807) is 30.5 Å². The van der Waals surface area contributed by atoms with Crippen molar-refractivity contribution in [2.75, 3.05) is 0 Å². The molecule has 4 aromatic rings. The van der Waals surface area contributed by atoms with E-state index in [-0.39, 0.29) is 11.4 Å². The summed E-state index contributed by atoms with van der Waals surface area (Å²) in [5.74, 6) is 0.374. The zero-order chi connectivity index (χ0) is 24.5. The lowest BCUT2D eigenvalue weighted by Crippen LogP contribution is -2.20. The van der Waals surface area contributed by atoms with Gasteiger partial charge in [0.2, 0.25) is 5.82 Å². The van der Waals surface area contributed by atoms with Crippen molar-refractivity contribution in [2.24, 2.45) is 11.8 Å². The molecule has 1 aliphatic rings. The van der Waals surface area contributed by atoms with Crippen LogP contribution in [0.4, 0.5) is 8.78 Å². The first kappa shape index (κ1) is 23.4. The van der Waals surface area contributed by atoms with E-state index in [0.29, 0.717) is 51.4 Å². The summed E-state index contributed by atoms with van der Waals surface area (Å²) in [6.45, 7) is 2.81. The first-order valence-corrected chi connectivity index (χ1v) is 12.1. The maximum absolute atomic E-state index is 16.0. The van der Waals surface area contributed by atoms with Crippen LogP contribution >= 0.6 is 11.6 Å². The second-order valence-electron chi connectivity index (χ2n) is 9.32. The van der Waals surface area contributed by atoms with E-state index < -0.39 is 12.0 Å². The lowest BCUT2D eigenvalue weighted by molar-refractivity contribution is 0.260. The third kappa shape index (κ3) is 4.63. The Balaban J connectivity index is 1.73. The van der Waals surface area contributed by atoms with E-state index in [9.17, 15) is 9.65 Å². The van der Waals surface area contributed by atoms with Crippen molar-refractivity contribution in [3.8, 4) is 17.3 Å². The van der Waals surface area contributed by atoms with Crippen LogP contribution in [-0.4, -0.2) is 19.5 Å². The Morgan fingerprint density at radius 3 is 2.63 bits per heavy atom. The first-order chi connectivity index (χ1) is 16.9. The smallest absolute Gasteiger partial charge is 0.233 e. The molecule has 1 aromatic carbocycles. The maximum Gasteiger partial charge on any atom is 0.233 e. The van der Waals surface area contributed by atoms with Crippen LogP contribution in [0.15, 0.2) is 48.8 Å². The fourth-order valence-corrected chi connectivity index (χ4v) is 5.17. The Morgan fingerprint density at radius 1 is 1.14 bits per heavy atom. The molecule has 1 saturated carbocycles. The fraction of sp³-hybridized carbons (Fsp3) is 0.333. The quantitative estimate of drug-likeness (QED) is 0.300. The third-order valence-electron chi connectivity index (χ3n) is 6.87. The summed E-state index contributed by atoms with van der Waals surface area (Å²) in [5, 5.41) is 9.98. The van der Waals surface area contributed by atoms with Crippen molar-refractivity contribution >= 4 is 22.6 Å². The molecule has 178 valence electrons. The molecule has 0 spiro atoms. The second kappa shape index (κ2) is 9.71. The topological polar surface area (TPSA) is 67.4 Å². The number of halogens is 3. The number of nitrogens with zero attached hydrogens (tertiary/aromatic N) is 5. The van der Waals surface area contributed by atoms with Crippen molar-refractivity contribution in [1.29, 1.82) is 5.26 Å². The average molecular weight is 492 g/mol. The molecule has 5 nitrogen and oxygen atoms in total. The summed E-state index contributed by atoms with van der Waals surface area (Å²) in [6.07, 6.45) is 5.71. The van der Waals surface area contributed by atoms with Gasteiger partial charge in [0.05, 0.1) is 21.7 Å². The van der Waals surface area contributed by atoms with Gasteiger partial charge in [-0.2, -0.15) is 5.26 Å². The van der Waals surface area contributed by atoms with Crippen LogP contribution in [-0.2, 0) is 6.54 Å². The minimum atomic E-state index is -1.70. The predicted molar refractivity (Wildman–Crippen MR) is 131 cm³/mol. The lowest BCUT2D eigenvalue weighted by atomic mass is 9.83. The number of aromatic nitrogens is 4. The van der Waals surface area contributed by atoms with Crippen LogP contribution < -0.4 is 0 Å². The number of hydrogen-bond donors (Lipinski definition) is 0. The molecule has 0 bridgehead atoms. The van der Waals surface area contributed by atoms with Crippen LogP contribution in [0.25, 0.3) is 22.3 Å². The molecule has 0 N–H and O–H groups in total. The molecule has 5 rings (SSSR count). The summed E-state index contributed by atoms with van der Waals surface area (Å²) >= 11 is 6.20. The molecule has 1 atom stereocenters. The SMILES string of the molecule is CC1CCC(Cn2c(C(F)c3ccccc3F)cc3nc(C#N)nc(-c4cncc(Cl)c4)c32)CC1. The standard InChI is InChI=1S/C27H24ClF2N5/c1-16-6-8-17(9-7-16)15-35-23(25(30)20-4-2-3-5-21(20)29)11-22-27(35)26(34-24(12-31)33-22)18-10-19(28)14-32-13-18/h2-5,10-11,13-14,16-17,25H,6-9,15H2,1H3. The lowest BCUT2D eigenvalue weighted by Gasteiger charge is -2.28. The van der Waals surface area contributed by atoms with Gasteiger partial charge in [-0.3, -0.25) is 4.98 Å². The maximum atomic E-state index is 16.0. The van der Waals surface area contributed by atoms with E-state index in [4.69, 9.17) is 11.6 Å². The number of alkyl halides is 1. The largest absolute Gasteiger partial charge is 0.338 e. The highest BCUT2D eigenvalue weighted by molar-refractivity contribution is 6.30. The molecular formula is C27H24ClF2N5. The van der Waals surface area contributed by atoms with E-state index in [2.05, 4.69) is 21.9 Å². The van der Waals surface area contributed by atoms with Gasteiger partial charge < -0.3 is 4.57 Å². The first-order valence-electron chi connectivity index (χ1n) is 11.7. The molecule has 35 heavy (non-hydrogen) atoms. The molecule has 1 aliphatic carbocycles. The zero-order valence-corrected chi connectivity index (χ0v) is 20.0. The molecule has 3 aromatic heterocycles. The second-order valence-corrected chi connectivity index (χ2v) is 9.76. The van der Waals surface area contributed by atoms with Gasteiger partial charge >= 0.3 is 0 Å². The molecule has 0 radical (unpaired) electrons. The Labute approximate surface area is 207 Å². The Bertz CT molecular complexity index is 1420. The summed E-state index contributed by atoms with van der Waals surface area (Å²) in [6, 6.07) is 11.2. The van der Waals surface area contributed by atoms with Gasteiger partial charge in [0.25, 0.3) is 0 Å². The van der Waals surface area contributed by atoms with Gasteiger partial charge in [-0.25, -0.2) is 18.7 Å². The Hall–Kier alpha value is -3.37. The normalized spacial score (nSPS) is 18.9. The molecule has 0 saturated heterocycles. The molecule has 0 amide bonds. The summed E-state index contributed by atoms with van der Waals surface area (Å²) in [7, 11) is 0. The van der Waals surface area contributed by atoms with Crippen molar-refractivity contribution in [3.63, 3.8) is 0 Å². The molecule has 0 aliphatic heterocycles.